The first-order valence-corrected chi connectivity index (χ1v) is 5.18. The van der Waals surface area contributed by atoms with Gasteiger partial charge in [-0.1, -0.05) is 6.92 Å². The number of hydrogen-bond donors (Lipinski definition) is 1. The monoisotopic (exact) mass is 201 g/mol. The van der Waals surface area contributed by atoms with Gasteiger partial charge in [-0.15, -0.1) is 0 Å². The third kappa shape index (κ3) is 2.69. The predicted octanol–water partition coefficient (Wildman–Crippen LogP) is 0.960. The van der Waals surface area contributed by atoms with Gasteiger partial charge in [-0.05, 0) is 25.8 Å². The minimum atomic E-state index is -0.718. The Labute approximate surface area is 84.8 Å². The maximum absolute atomic E-state index is 10.9. The van der Waals surface area contributed by atoms with Crippen molar-refractivity contribution in [1.82, 2.24) is 4.90 Å². The third-order valence-electron chi connectivity index (χ3n) is 2.86. The van der Waals surface area contributed by atoms with Crippen LogP contribution in [0.3, 0.4) is 0 Å². The number of hydrogen-bond acceptors (Lipinski definition) is 3. The first kappa shape index (κ1) is 11.5. The van der Waals surface area contributed by atoms with Gasteiger partial charge >= 0.3 is 5.97 Å². The first-order chi connectivity index (χ1) is 6.69. The SMILES string of the molecule is CC[C@@H](C(=O)O)N1CCC[C@H](OC)C1. The molecule has 0 bridgehead atoms. The highest BCUT2D eigenvalue weighted by Crippen LogP contribution is 2.16. The summed E-state index contributed by atoms with van der Waals surface area (Å²) in [5.41, 5.74) is 0. The maximum atomic E-state index is 10.9. The second-order valence-electron chi connectivity index (χ2n) is 3.76. The molecule has 1 heterocycles. The highest BCUT2D eigenvalue weighted by molar-refractivity contribution is 5.73. The molecule has 1 N–H and O–H groups in total. The van der Waals surface area contributed by atoms with Gasteiger partial charge in [0.25, 0.3) is 0 Å². The van der Waals surface area contributed by atoms with Crippen LogP contribution in [0.2, 0.25) is 0 Å². The molecule has 4 heteroatoms. The van der Waals surface area contributed by atoms with Crippen molar-refractivity contribution in [1.29, 1.82) is 0 Å². The van der Waals surface area contributed by atoms with E-state index in [2.05, 4.69) is 0 Å². The number of aliphatic carboxylic acids is 1. The molecule has 2 atom stereocenters. The van der Waals surface area contributed by atoms with Crippen LogP contribution in [-0.4, -0.2) is 48.3 Å². The lowest BCUT2D eigenvalue weighted by atomic mass is 10.0. The van der Waals surface area contributed by atoms with Gasteiger partial charge in [0.2, 0.25) is 0 Å². The van der Waals surface area contributed by atoms with Crippen LogP contribution in [0.4, 0.5) is 0 Å². The van der Waals surface area contributed by atoms with Crippen LogP contribution in [-0.2, 0) is 9.53 Å². The van der Waals surface area contributed by atoms with Crippen molar-refractivity contribution in [2.75, 3.05) is 20.2 Å². The van der Waals surface area contributed by atoms with E-state index in [1.54, 1.807) is 7.11 Å². The molecule has 0 radical (unpaired) electrons. The number of methoxy groups -OCH3 is 1. The normalized spacial score (nSPS) is 26.0. The minimum Gasteiger partial charge on any atom is -0.480 e. The second kappa shape index (κ2) is 5.32. The van der Waals surface area contributed by atoms with E-state index in [-0.39, 0.29) is 12.1 Å². The summed E-state index contributed by atoms with van der Waals surface area (Å²) in [6.45, 7) is 3.54. The molecule has 0 aromatic heterocycles. The third-order valence-corrected chi connectivity index (χ3v) is 2.86. The fourth-order valence-electron chi connectivity index (χ4n) is 2.03. The molecular weight excluding hydrogens is 182 g/mol. The zero-order chi connectivity index (χ0) is 10.6. The van der Waals surface area contributed by atoms with Gasteiger partial charge in [0.1, 0.15) is 6.04 Å². The Balaban J connectivity index is 2.53. The summed E-state index contributed by atoms with van der Waals surface area (Å²) in [6.07, 6.45) is 2.94. The molecule has 0 amide bonds. The predicted molar refractivity (Wildman–Crippen MR) is 53.3 cm³/mol. The Kier molecular flexibility index (Phi) is 4.35. The number of nitrogens with zero attached hydrogens (tertiary/aromatic N) is 1. The van der Waals surface area contributed by atoms with Crippen LogP contribution in [0.5, 0.6) is 0 Å². The van der Waals surface area contributed by atoms with Crippen LogP contribution in [0.1, 0.15) is 26.2 Å². The Morgan fingerprint density at radius 3 is 2.93 bits per heavy atom. The van der Waals surface area contributed by atoms with E-state index >= 15 is 0 Å². The molecule has 1 fully saturated rings. The molecule has 0 aromatic carbocycles. The van der Waals surface area contributed by atoms with Gasteiger partial charge in [0.15, 0.2) is 0 Å². The number of piperidine rings is 1. The molecule has 14 heavy (non-hydrogen) atoms. The summed E-state index contributed by atoms with van der Waals surface area (Å²) in [5.74, 6) is -0.718. The zero-order valence-electron chi connectivity index (χ0n) is 8.90. The Morgan fingerprint density at radius 2 is 2.43 bits per heavy atom. The highest BCUT2D eigenvalue weighted by atomic mass is 16.5. The maximum Gasteiger partial charge on any atom is 0.320 e. The molecule has 0 unspecified atom stereocenters. The molecular formula is C10H19NO3. The number of carboxylic acid groups (broad SMARTS) is 1. The number of carbonyl (C=O) groups is 1. The number of ether oxygens (including phenoxy) is 1. The average Bonchev–Trinajstić information content (AvgIpc) is 2.19. The van der Waals surface area contributed by atoms with Crippen molar-refractivity contribution in [3.8, 4) is 0 Å². The largest absolute Gasteiger partial charge is 0.480 e. The zero-order valence-corrected chi connectivity index (χ0v) is 8.90. The van der Waals surface area contributed by atoms with Gasteiger partial charge in [-0.2, -0.15) is 0 Å². The van der Waals surface area contributed by atoms with Crippen LogP contribution in [0.15, 0.2) is 0 Å². The Hall–Kier alpha value is -0.610. The molecule has 0 aliphatic carbocycles. The van der Waals surface area contributed by atoms with E-state index in [1.807, 2.05) is 11.8 Å². The highest BCUT2D eigenvalue weighted by Gasteiger charge is 2.28. The summed E-state index contributed by atoms with van der Waals surface area (Å²) in [4.78, 5) is 13.0. The van der Waals surface area contributed by atoms with Gasteiger partial charge in [0.05, 0.1) is 6.10 Å². The first-order valence-electron chi connectivity index (χ1n) is 5.18. The van der Waals surface area contributed by atoms with Gasteiger partial charge < -0.3 is 9.84 Å². The van der Waals surface area contributed by atoms with Crippen LogP contribution in [0, 0.1) is 0 Å². The van der Waals surface area contributed by atoms with E-state index < -0.39 is 5.97 Å². The van der Waals surface area contributed by atoms with Crippen molar-refractivity contribution in [2.24, 2.45) is 0 Å². The lowest BCUT2D eigenvalue weighted by Gasteiger charge is -2.35. The van der Waals surface area contributed by atoms with E-state index in [4.69, 9.17) is 9.84 Å². The fourth-order valence-corrected chi connectivity index (χ4v) is 2.03. The number of likely N-dealkylation sites (tertiary alicyclic amines) is 1. The summed E-state index contributed by atoms with van der Waals surface area (Å²) in [5, 5.41) is 9.00. The number of carboxylic acids is 1. The molecule has 82 valence electrons. The molecule has 4 nitrogen and oxygen atoms in total. The summed E-state index contributed by atoms with van der Waals surface area (Å²) >= 11 is 0. The van der Waals surface area contributed by atoms with Crippen molar-refractivity contribution < 1.29 is 14.6 Å². The van der Waals surface area contributed by atoms with Crippen molar-refractivity contribution >= 4 is 5.97 Å². The quantitative estimate of drug-likeness (QED) is 0.736. The molecule has 0 saturated carbocycles. The van der Waals surface area contributed by atoms with Gasteiger partial charge in [0, 0.05) is 13.7 Å². The topological polar surface area (TPSA) is 49.8 Å². The second-order valence-corrected chi connectivity index (χ2v) is 3.76. The van der Waals surface area contributed by atoms with Crippen molar-refractivity contribution in [3.05, 3.63) is 0 Å². The van der Waals surface area contributed by atoms with E-state index in [0.29, 0.717) is 6.42 Å². The van der Waals surface area contributed by atoms with Gasteiger partial charge in [-0.3, -0.25) is 9.69 Å². The smallest absolute Gasteiger partial charge is 0.320 e. The van der Waals surface area contributed by atoms with Crippen molar-refractivity contribution in [3.63, 3.8) is 0 Å². The van der Waals surface area contributed by atoms with Crippen LogP contribution >= 0.6 is 0 Å². The molecule has 1 aliphatic heterocycles. The standard InChI is InChI=1S/C10H19NO3/c1-3-9(10(12)13)11-6-4-5-8(7-11)14-2/h8-9H,3-7H2,1-2H3,(H,12,13)/t8-,9-/m0/s1. The minimum absolute atomic E-state index is 0.206. The van der Waals surface area contributed by atoms with Gasteiger partial charge in [-0.25, -0.2) is 0 Å². The fraction of sp³-hybridized carbons (Fsp3) is 0.900. The Morgan fingerprint density at radius 1 is 1.71 bits per heavy atom. The van der Waals surface area contributed by atoms with Crippen LogP contribution in [0.25, 0.3) is 0 Å². The summed E-state index contributed by atoms with van der Waals surface area (Å²) < 4.78 is 5.26. The van der Waals surface area contributed by atoms with E-state index in [0.717, 1.165) is 25.9 Å². The van der Waals surface area contributed by atoms with Crippen molar-refractivity contribution in [2.45, 2.75) is 38.3 Å². The Bertz CT molecular complexity index is 196. The lowest BCUT2D eigenvalue weighted by molar-refractivity contribution is -0.144. The van der Waals surface area contributed by atoms with E-state index in [9.17, 15) is 4.79 Å². The molecule has 0 aromatic rings. The average molecular weight is 201 g/mol. The summed E-state index contributed by atoms with van der Waals surface area (Å²) in [6, 6.07) is -0.340. The summed E-state index contributed by atoms with van der Waals surface area (Å²) in [7, 11) is 1.69. The molecule has 0 spiro atoms. The van der Waals surface area contributed by atoms with Crippen LogP contribution < -0.4 is 0 Å². The van der Waals surface area contributed by atoms with E-state index in [1.165, 1.54) is 0 Å². The molecule has 1 aliphatic rings. The molecule has 1 saturated heterocycles. The lowest BCUT2D eigenvalue weighted by Crippen LogP contribution is -2.48. The molecule has 1 rings (SSSR count). The number of rotatable bonds is 4.